The van der Waals surface area contributed by atoms with Crippen molar-refractivity contribution in [3.63, 3.8) is 0 Å². The van der Waals surface area contributed by atoms with Crippen molar-refractivity contribution in [2.75, 3.05) is 11.9 Å². The average Bonchev–Trinajstić information content (AvgIpc) is 3.12. The molecule has 3 aromatic rings. The zero-order valence-electron chi connectivity index (χ0n) is 14.9. The molecule has 27 heavy (non-hydrogen) atoms. The molecule has 1 N–H and O–H groups in total. The lowest BCUT2D eigenvalue weighted by Gasteiger charge is -2.11. The number of aromatic nitrogens is 2. The van der Waals surface area contributed by atoms with Crippen LogP contribution in [-0.2, 0) is 13.0 Å². The number of nitrogens with one attached hydrogen (secondary N) is 1. The number of nitro groups is 1. The fourth-order valence-electron chi connectivity index (χ4n) is 3.49. The van der Waals surface area contributed by atoms with Crippen molar-refractivity contribution in [3.05, 3.63) is 72.1 Å². The van der Waals surface area contributed by atoms with Crippen LogP contribution in [0, 0.1) is 24.0 Å². The second-order valence-electron chi connectivity index (χ2n) is 6.74. The van der Waals surface area contributed by atoms with Crippen LogP contribution in [0.4, 0.5) is 11.5 Å². The molecule has 0 atom stereocenters. The van der Waals surface area contributed by atoms with E-state index in [1.807, 2.05) is 32.0 Å². The van der Waals surface area contributed by atoms with Crippen molar-refractivity contribution in [1.82, 2.24) is 9.55 Å². The number of halogens is 1. The summed E-state index contributed by atoms with van der Waals surface area (Å²) in [7, 11) is 0. The summed E-state index contributed by atoms with van der Waals surface area (Å²) in [5.74, 6) is 0.266. The van der Waals surface area contributed by atoms with Crippen LogP contribution in [0.15, 0.2) is 29.1 Å². The monoisotopic (exact) mass is 384 g/mol. The third-order valence-corrected chi connectivity index (χ3v) is 5.41. The van der Waals surface area contributed by atoms with Crippen molar-refractivity contribution in [1.29, 1.82) is 0 Å². The van der Waals surface area contributed by atoms with Gasteiger partial charge in [-0.05, 0) is 36.6 Å². The van der Waals surface area contributed by atoms with E-state index < -0.39 is 4.92 Å². The third-order valence-electron chi connectivity index (χ3n) is 5.09. The summed E-state index contributed by atoms with van der Waals surface area (Å²) in [6, 6.07) is 7.22. The number of nitrogens with zero attached hydrogens (tertiary/aromatic N) is 3. The quantitative estimate of drug-likeness (QED) is 0.423. The Kier molecular flexibility index (Phi) is 4.11. The first-order valence-corrected chi connectivity index (χ1v) is 8.95. The third kappa shape index (κ3) is 2.84. The van der Waals surface area contributed by atoms with Crippen LogP contribution < -0.4 is 10.9 Å². The standard InChI is InChI=1S/C19H17ClN4O3/c1-10-3-4-12-7-13(17(20)22-16(12)11(10)2)8-14-9-15(24(26)27)18-21-5-6-23(18)19(14)25/h3-4,7,9,21H,5-6,8H2,1-2H3. The van der Waals surface area contributed by atoms with E-state index in [0.717, 1.165) is 22.0 Å². The zero-order chi connectivity index (χ0) is 19.3. The predicted molar refractivity (Wildman–Crippen MR) is 105 cm³/mol. The minimum atomic E-state index is -0.473. The minimum absolute atomic E-state index is 0.0987. The van der Waals surface area contributed by atoms with Crippen molar-refractivity contribution in [2.45, 2.75) is 26.8 Å². The topological polar surface area (TPSA) is 90.1 Å². The van der Waals surface area contributed by atoms with Gasteiger partial charge in [-0.1, -0.05) is 23.7 Å². The Morgan fingerprint density at radius 1 is 1.30 bits per heavy atom. The van der Waals surface area contributed by atoms with E-state index >= 15 is 0 Å². The summed E-state index contributed by atoms with van der Waals surface area (Å²) in [4.78, 5) is 28.2. The van der Waals surface area contributed by atoms with Crippen LogP contribution in [0.3, 0.4) is 0 Å². The molecule has 0 fully saturated rings. The lowest BCUT2D eigenvalue weighted by atomic mass is 10.0. The number of anilines is 1. The van der Waals surface area contributed by atoms with E-state index in [2.05, 4.69) is 10.3 Å². The molecule has 8 heteroatoms. The highest BCUT2D eigenvalue weighted by Crippen LogP contribution is 2.29. The van der Waals surface area contributed by atoms with Crippen LogP contribution >= 0.6 is 11.6 Å². The fraction of sp³-hybridized carbons (Fsp3) is 0.263. The number of rotatable bonds is 3. The largest absolute Gasteiger partial charge is 0.364 e. The Morgan fingerprint density at radius 2 is 2.07 bits per heavy atom. The molecule has 0 aliphatic carbocycles. The summed E-state index contributed by atoms with van der Waals surface area (Å²) in [5.41, 5.74) is 3.67. The summed E-state index contributed by atoms with van der Waals surface area (Å²) >= 11 is 6.38. The molecule has 1 aliphatic rings. The Labute approximate surface area is 159 Å². The molecular formula is C19H17ClN4O3. The number of aryl methyl sites for hydroxylation is 2. The fourth-order valence-corrected chi connectivity index (χ4v) is 3.70. The second kappa shape index (κ2) is 6.35. The molecule has 1 aromatic carbocycles. The summed E-state index contributed by atoms with van der Waals surface area (Å²) in [6.45, 7) is 4.91. The van der Waals surface area contributed by atoms with Gasteiger partial charge < -0.3 is 5.32 Å². The average molecular weight is 385 g/mol. The van der Waals surface area contributed by atoms with E-state index in [0.29, 0.717) is 29.4 Å². The van der Waals surface area contributed by atoms with Crippen LogP contribution in [0.5, 0.6) is 0 Å². The van der Waals surface area contributed by atoms with E-state index in [9.17, 15) is 14.9 Å². The molecule has 0 bridgehead atoms. The van der Waals surface area contributed by atoms with Gasteiger partial charge in [-0.15, -0.1) is 0 Å². The molecule has 0 radical (unpaired) electrons. The van der Waals surface area contributed by atoms with Crippen molar-refractivity contribution < 1.29 is 4.92 Å². The van der Waals surface area contributed by atoms with Crippen molar-refractivity contribution >= 4 is 34.0 Å². The van der Waals surface area contributed by atoms with Crippen LogP contribution in [-0.4, -0.2) is 21.0 Å². The van der Waals surface area contributed by atoms with E-state index in [-0.39, 0.29) is 23.5 Å². The van der Waals surface area contributed by atoms with Crippen LogP contribution in [0.25, 0.3) is 10.9 Å². The molecule has 0 spiro atoms. The maximum Gasteiger partial charge on any atom is 0.310 e. The Bertz CT molecular complexity index is 1170. The van der Waals surface area contributed by atoms with Gasteiger partial charge in [0.25, 0.3) is 5.56 Å². The minimum Gasteiger partial charge on any atom is -0.364 e. The van der Waals surface area contributed by atoms with Crippen LogP contribution in [0.1, 0.15) is 22.3 Å². The molecule has 3 heterocycles. The highest BCUT2D eigenvalue weighted by Gasteiger charge is 2.26. The van der Waals surface area contributed by atoms with Crippen LogP contribution in [0.2, 0.25) is 5.15 Å². The number of fused-ring (bicyclic) bond motifs is 2. The van der Waals surface area contributed by atoms with E-state index in [4.69, 9.17) is 11.6 Å². The smallest absolute Gasteiger partial charge is 0.310 e. The van der Waals surface area contributed by atoms with Gasteiger partial charge in [-0.2, -0.15) is 0 Å². The molecule has 0 saturated heterocycles. The summed E-state index contributed by atoms with van der Waals surface area (Å²) < 4.78 is 1.42. The Morgan fingerprint density at radius 3 is 2.81 bits per heavy atom. The molecule has 0 saturated carbocycles. The van der Waals surface area contributed by atoms with Gasteiger partial charge in [-0.3, -0.25) is 19.5 Å². The number of hydrogen-bond donors (Lipinski definition) is 1. The molecule has 0 amide bonds. The lowest BCUT2D eigenvalue weighted by Crippen LogP contribution is -2.23. The molecule has 2 aromatic heterocycles. The number of hydrogen-bond acceptors (Lipinski definition) is 5. The molecule has 138 valence electrons. The number of pyridine rings is 2. The van der Waals surface area contributed by atoms with Crippen molar-refractivity contribution in [3.8, 4) is 0 Å². The molecule has 0 unspecified atom stereocenters. The highest BCUT2D eigenvalue weighted by molar-refractivity contribution is 6.30. The SMILES string of the molecule is Cc1ccc2cc(Cc3cc([N+](=O)[O-])c4n(c3=O)CCN4)c(Cl)nc2c1C. The van der Waals surface area contributed by atoms with Gasteiger partial charge >= 0.3 is 5.69 Å². The van der Waals surface area contributed by atoms with Gasteiger partial charge in [0.2, 0.25) is 0 Å². The van der Waals surface area contributed by atoms with E-state index in [1.165, 1.54) is 10.6 Å². The number of benzene rings is 1. The summed E-state index contributed by atoms with van der Waals surface area (Å²) in [6.07, 6.45) is 0.189. The molecule has 1 aliphatic heterocycles. The highest BCUT2D eigenvalue weighted by atomic mass is 35.5. The van der Waals surface area contributed by atoms with Gasteiger partial charge in [0.15, 0.2) is 5.82 Å². The van der Waals surface area contributed by atoms with E-state index in [1.54, 1.807) is 0 Å². The molecule has 4 rings (SSSR count). The summed E-state index contributed by atoms with van der Waals surface area (Å²) in [5, 5.41) is 15.5. The first kappa shape index (κ1) is 17.5. The van der Waals surface area contributed by atoms with Gasteiger partial charge in [0, 0.05) is 36.5 Å². The first-order valence-electron chi connectivity index (χ1n) is 8.57. The Balaban J connectivity index is 1.84. The maximum atomic E-state index is 12.8. The van der Waals surface area contributed by atoms with Gasteiger partial charge in [0.05, 0.1) is 10.4 Å². The first-order chi connectivity index (χ1) is 12.9. The molecular weight excluding hydrogens is 368 g/mol. The van der Waals surface area contributed by atoms with Crippen molar-refractivity contribution in [2.24, 2.45) is 0 Å². The zero-order valence-corrected chi connectivity index (χ0v) is 15.6. The Hall–Kier alpha value is -2.93. The second-order valence-corrected chi connectivity index (χ2v) is 7.10. The molecule has 7 nitrogen and oxygen atoms in total. The maximum absolute atomic E-state index is 12.8. The normalized spacial score (nSPS) is 12.9. The van der Waals surface area contributed by atoms with Gasteiger partial charge in [0.1, 0.15) is 5.15 Å². The lowest BCUT2D eigenvalue weighted by molar-refractivity contribution is -0.384. The van der Waals surface area contributed by atoms with Gasteiger partial charge in [-0.25, -0.2) is 4.98 Å². The predicted octanol–water partition coefficient (Wildman–Crippen LogP) is 3.59.